The van der Waals surface area contributed by atoms with Crippen molar-refractivity contribution < 1.29 is 4.74 Å². The van der Waals surface area contributed by atoms with Crippen molar-refractivity contribution in [1.29, 1.82) is 0 Å². The molecule has 2 fully saturated rings. The van der Waals surface area contributed by atoms with E-state index in [1.54, 1.807) is 11.3 Å². The first-order chi connectivity index (χ1) is 7.43. The fourth-order valence-corrected chi connectivity index (χ4v) is 3.44. The second kappa shape index (κ2) is 4.24. The van der Waals surface area contributed by atoms with Crippen LogP contribution in [0.15, 0.2) is 16.8 Å². The zero-order valence-corrected chi connectivity index (χ0v) is 9.63. The van der Waals surface area contributed by atoms with Gasteiger partial charge in [0.25, 0.3) is 0 Å². The molecular formula is C12H17NOS. The molecule has 1 aliphatic heterocycles. The van der Waals surface area contributed by atoms with Crippen LogP contribution in [-0.4, -0.2) is 19.2 Å². The maximum absolute atomic E-state index is 6.01. The Bertz CT molecular complexity index is 297. The van der Waals surface area contributed by atoms with Crippen molar-refractivity contribution >= 4 is 11.3 Å². The summed E-state index contributed by atoms with van der Waals surface area (Å²) in [7, 11) is 0. The van der Waals surface area contributed by atoms with Gasteiger partial charge in [0.2, 0.25) is 0 Å². The molecule has 0 amide bonds. The SMILES string of the molecule is c1cc(C2CNC3CCCC3CO2)cs1. The molecule has 1 aliphatic carbocycles. The Morgan fingerprint density at radius 3 is 3.27 bits per heavy atom. The predicted octanol–water partition coefficient (Wildman–Crippen LogP) is 2.58. The largest absolute Gasteiger partial charge is 0.372 e. The normalized spacial score (nSPS) is 36.1. The molecule has 3 rings (SSSR count). The van der Waals surface area contributed by atoms with Crippen molar-refractivity contribution in [1.82, 2.24) is 5.32 Å². The number of thiophene rings is 1. The van der Waals surface area contributed by atoms with Crippen LogP contribution in [0.2, 0.25) is 0 Å². The molecule has 1 aromatic heterocycles. The second-order valence-electron chi connectivity index (χ2n) is 4.58. The molecule has 2 aliphatic rings. The molecule has 82 valence electrons. The van der Waals surface area contributed by atoms with Gasteiger partial charge in [-0.15, -0.1) is 0 Å². The van der Waals surface area contributed by atoms with Crippen molar-refractivity contribution in [3.05, 3.63) is 22.4 Å². The maximum atomic E-state index is 6.01. The Hall–Kier alpha value is -0.380. The van der Waals surface area contributed by atoms with Crippen LogP contribution in [0.5, 0.6) is 0 Å². The third-order valence-corrected chi connectivity index (χ3v) is 4.35. The molecule has 0 aromatic carbocycles. The lowest BCUT2D eigenvalue weighted by atomic mass is 10.1. The van der Waals surface area contributed by atoms with Gasteiger partial charge in [-0.05, 0) is 41.1 Å². The van der Waals surface area contributed by atoms with Gasteiger partial charge in [-0.2, -0.15) is 11.3 Å². The van der Waals surface area contributed by atoms with Crippen LogP contribution in [0.3, 0.4) is 0 Å². The standard InChI is InChI=1S/C12H17NOS/c1-2-9-7-14-12(6-13-11(9)3-1)10-4-5-15-8-10/h4-5,8-9,11-13H,1-3,6-7H2. The summed E-state index contributed by atoms with van der Waals surface area (Å²) in [6, 6.07) is 2.90. The summed E-state index contributed by atoms with van der Waals surface area (Å²) in [6.45, 7) is 1.93. The van der Waals surface area contributed by atoms with Gasteiger partial charge in [0.1, 0.15) is 0 Å². The van der Waals surface area contributed by atoms with Gasteiger partial charge in [0.05, 0.1) is 12.7 Å². The summed E-state index contributed by atoms with van der Waals surface area (Å²) < 4.78 is 6.01. The minimum absolute atomic E-state index is 0.279. The maximum Gasteiger partial charge on any atom is 0.0957 e. The Morgan fingerprint density at radius 2 is 2.40 bits per heavy atom. The number of fused-ring (bicyclic) bond motifs is 1. The van der Waals surface area contributed by atoms with Crippen LogP contribution < -0.4 is 5.32 Å². The van der Waals surface area contributed by atoms with E-state index >= 15 is 0 Å². The number of rotatable bonds is 1. The van der Waals surface area contributed by atoms with E-state index in [1.165, 1.54) is 24.8 Å². The highest BCUT2D eigenvalue weighted by molar-refractivity contribution is 7.07. The van der Waals surface area contributed by atoms with Crippen molar-refractivity contribution in [3.8, 4) is 0 Å². The zero-order chi connectivity index (χ0) is 10.1. The topological polar surface area (TPSA) is 21.3 Å². The smallest absolute Gasteiger partial charge is 0.0957 e. The summed E-state index contributed by atoms with van der Waals surface area (Å²) in [5.41, 5.74) is 1.34. The minimum Gasteiger partial charge on any atom is -0.372 e. The van der Waals surface area contributed by atoms with Gasteiger partial charge in [-0.25, -0.2) is 0 Å². The van der Waals surface area contributed by atoms with Gasteiger partial charge in [0, 0.05) is 12.6 Å². The molecule has 1 saturated carbocycles. The first-order valence-electron chi connectivity index (χ1n) is 5.80. The van der Waals surface area contributed by atoms with Crippen LogP contribution in [0.25, 0.3) is 0 Å². The zero-order valence-electron chi connectivity index (χ0n) is 8.82. The molecule has 0 bridgehead atoms. The Labute approximate surface area is 94.6 Å². The Morgan fingerprint density at radius 1 is 1.40 bits per heavy atom. The van der Waals surface area contributed by atoms with Crippen molar-refractivity contribution in [3.63, 3.8) is 0 Å². The quantitative estimate of drug-likeness (QED) is 0.790. The highest BCUT2D eigenvalue weighted by Gasteiger charge is 2.31. The highest BCUT2D eigenvalue weighted by atomic mass is 32.1. The van der Waals surface area contributed by atoms with E-state index in [-0.39, 0.29) is 6.10 Å². The van der Waals surface area contributed by atoms with E-state index in [9.17, 15) is 0 Å². The molecule has 2 heterocycles. The summed E-state index contributed by atoms with van der Waals surface area (Å²) in [5.74, 6) is 0.758. The lowest BCUT2D eigenvalue weighted by Gasteiger charge is -2.14. The summed E-state index contributed by atoms with van der Waals surface area (Å²) in [6.07, 6.45) is 4.33. The average Bonchev–Trinajstić information content (AvgIpc) is 2.88. The van der Waals surface area contributed by atoms with E-state index in [0.29, 0.717) is 6.04 Å². The summed E-state index contributed by atoms with van der Waals surface area (Å²) >= 11 is 1.75. The molecule has 15 heavy (non-hydrogen) atoms. The number of hydrogen-bond donors (Lipinski definition) is 1. The Balaban J connectivity index is 1.69. The molecule has 1 aromatic rings. The van der Waals surface area contributed by atoms with E-state index in [2.05, 4.69) is 22.1 Å². The van der Waals surface area contributed by atoms with Crippen LogP contribution in [0.4, 0.5) is 0 Å². The third kappa shape index (κ3) is 1.96. The van der Waals surface area contributed by atoms with Gasteiger partial charge in [-0.1, -0.05) is 6.42 Å². The summed E-state index contributed by atoms with van der Waals surface area (Å²) in [4.78, 5) is 0. The monoisotopic (exact) mass is 223 g/mol. The van der Waals surface area contributed by atoms with Crippen LogP contribution >= 0.6 is 11.3 Å². The molecule has 1 N–H and O–H groups in total. The van der Waals surface area contributed by atoms with E-state index in [1.807, 2.05) is 0 Å². The van der Waals surface area contributed by atoms with E-state index in [0.717, 1.165) is 19.1 Å². The minimum atomic E-state index is 0.279. The molecule has 3 atom stereocenters. The molecule has 2 nitrogen and oxygen atoms in total. The second-order valence-corrected chi connectivity index (χ2v) is 5.36. The van der Waals surface area contributed by atoms with Gasteiger partial charge in [0.15, 0.2) is 0 Å². The van der Waals surface area contributed by atoms with Crippen LogP contribution in [0.1, 0.15) is 30.9 Å². The van der Waals surface area contributed by atoms with Gasteiger partial charge in [-0.3, -0.25) is 0 Å². The predicted molar refractivity (Wildman–Crippen MR) is 62.1 cm³/mol. The van der Waals surface area contributed by atoms with E-state index in [4.69, 9.17) is 4.74 Å². The molecular weight excluding hydrogens is 206 g/mol. The average molecular weight is 223 g/mol. The lowest BCUT2D eigenvalue weighted by Crippen LogP contribution is -2.32. The molecule has 0 spiro atoms. The Kier molecular flexibility index (Phi) is 2.77. The van der Waals surface area contributed by atoms with Crippen molar-refractivity contribution in [2.45, 2.75) is 31.4 Å². The third-order valence-electron chi connectivity index (χ3n) is 3.65. The number of hydrogen-bond acceptors (Lipinski definition) is 3. The first kappa shape index (κ1) is 9.82. The van der Waals surface area contributed by atoms with Crippen LogP contribution in [-0.2, 0) is 4.74 Å². The highest BCUT2D eigenvalue weighted by Crippen LogP contribution is 2.31. The van der Waals surface area contributed by atoms with E-state index < -0.39 is 0 Å². The van der Waals surface area contributed by atoms with Gasteiger partial charge >= 0.3 is 0 Å². The molecule has 3 heteroatoms. The molecule has 0 radical (unpaired) electrons. The fraction of sp³-hybridized carbons (Fsp3) is 0.667. The number of ether oxygens (including phenoxy) is 1. The number of nitrogens with one attached hydrogen (secondary N) is 1. The molecule has 3 unspecified atom stereocenters. The van der Waals surface area contributed by atoms with Gasteiger partial charge < -0.3 is 10.1 Å². The first-order valence-corrected chi connectivity index (χ1v) is 6.75. The summed E-state index contributed by atoms with van der Waals surface area (Å²) in [5, 5.41) is 7.99. The van der Waals surface area contributed by atoms with Crippen molar-refractivity contribution in [2.75, 3.05) is 13.2 Å². The lowest BCUT2D eigenvalue weighted by molar-refractivity contribution is 0.0476. The fourth-order valence-electron chi connectivity index (χ4n) is 2.73. The van der Waals surface area contributed by atoms with Crippen LogP contribution in [0, 0.1) is 5.92 Å². The molecule has 1 saturated heterocycles. The van der Waals surface area contributed by atoms with Crippen molar-refractivity contribution in [2.24, 2.45) is 5.92 Å².